The van der Waals surface area contributed by atoms with Crippen molar-refractivity contribution in [3.05, 3.63) is 75.4 Å². The molecule has 3 aliphatic rings. The molecule has 1 aromatic carbocycles. The summed E-state index contributed by atoms with van der Waals surface area (Å²) in [4.78, 5) is 20.0. The van der Waals surface area contributed by atoms with E-state index in [9.17, 15) is 10.1 Å². The third-order valence-corrected chi connectivity index (χ3v) is 8.09. The zero-order chi connectivity index (χ0) is 24.0. The number of nitriles is 1. The summed E-state index contributed by atoms with van der Waals surface area (Å²) in [5.74, 6) is 3.45. The van der Waals surface area contributed by atoms with Gasteiger partial charge < -0.3 is 10.6 Å². The fourth-order valence-electron chi connectivity index (χ4n) is 5.64. The molecule has 0 radical (unpaired) electrons. The lowest BCUT2D eigenvalue weighted by atomic mass is 9.73. The minimum atomic E-state index is -0.602. The van der Waals surface area contributed by atoms with Crippen LogP contribution in [0.15, 0.2) is 47.3 Å². The minimum absolute atomic E-state index is 0.00742. The predicted octanol–water partition coefficient (Wildman–Crippen LogP) is 3.53. The molecule has 2 heterocycles. The van der Waals surface area contributed by atoms with Gasteiger partial charge in [0.2, 0.25) is 0 Å². The maximum Gasteiger partial charge on any atom is 0.259 e. The topological polar surface area (TPSA) is 87.9 Å². The van der Waals surface area contributed by atoms with Crippen molar-refractivity contribution in [2.24, 2.45) is 17.1 Å². The molecule has 1 spiro atoms. The third kappa shape index (κ3) is 3.55. The average Bonchev–Trinajstić information content (AvgIpc) is 3.10. The van der Waals surface area contributed by atoms with E-state index in [1.807, 2.05) is 6.07 Å². The van der Waals surface area contributed by atoms with Crippen molar-refractivity contribution < 1.29 is 0 Å². The van der Waals surface area contributed by atoms with E-state index in [0.717, 1.165) is 37.9 Å². The van der Waals surface area contributed by atoms with Gasteiger partial charge in [-0.2, -0.15) is 5.26 Å². The van der Waals surface area contributed by atoms with Crippen LogP contribution in [-0.2, 0) is 6.42 Å². The summed E-state index contributed by atoms with van der Waals surface area (Å²) in [5.41, 5.74) is 10.5. The predicted molar refractivity (Wildman–Crippen MR) is 134 cm³/mol. The number of halogens is 1. The van der Waals surface area contributed by atoms with Crippen molar-refractivity contribution >= 4 is 23.1 Å². The summed E-state index contributed by atoms with van der Waals surface area (Å²) in [6, 6.07) is 9.86. The Bertz CT molecular complexity index is 1350. The molecule has 3 atom stereocenters. The molecular formula is C27H26ClN5O. The molecule has 1 unspecified atom stereocenters. The molecule has 0 amide bonds. The number of nitrogens with two attached hydrogens (primary N) is 1. The fraction of sp³-hybridized carbons (Fsp3) is 0.370. The molecule has 1 aliphatic heterocycles. The van der Waals surface area contributed by atoms with Crippen molar-refractivity contribution in [3.8, 4) is 18.4 Å². The molecule has 7 heteroatoms. The molecule has 5 rings (SSSR count). The highest BCUT2D eigenvalue weighted by Crippen LogP contribution is 2.51. The van der Waals surface area contributed by atoms with Gasteiger partial charge in [0.05, 0.1) is 17.4 Å². The first kappa shape index (κ1) is 22.5. The van der Waals surface area contributed by atoms with Gasteiger partial charge in [-0.3, -0.25) is 9.36 Å². The van der Waals surface area contributed by atoms with Crippen molar-refractivity contribution in [1.29, 1.82) is 5.26 Å². The quantitative estimate of drug-likeness (QED) is 0.534. The number of hydrogen-bond donors (Lipinski definition) is 1. The summed E-state index contributed by atoms with van der Waals surface area (Å²) >= 11 is 6.49. The summed E-state index contributed by atoms with van der Waals surface area (Å²) in [6.07, 6.45) is 13.7. The van der Waals surface area contributed by atoms with E-state index >= 15 is 0 Å². The van der Waals surface area contributed by atoms with Crippen molar-refractivity contribution in [2.75, 3.05) is 18.0 Å². The Hall–Kier alpha value is -3.32. The van der Waals surface area contributed by atoms with Crippen molar-refractivity contribution in [3.63, 3.8) is 0 Å². The van der Waals surface area contributed by atoms with Crippen LogP contribution in [0.1, 0.15) is 41.4 Å². The van der Waals surface area contributed by atoms with Gasteiger partial charge in [-0.15, -0.1) is 18.0 Å². The van der Waals surface area contributed by atoms with Crippen molar-refractivity contribution in [1.82, 2.24) is 9.55 Å². The summed E-state index contributed by atoms with van der Waals surface area (Å²) in [5, 5.41) is 8.73. The van der Waals surface area contributed by atoms with Crippen LogP contribution < -0.4 is 16.2 Å². The minimum Gasteiger partial charge on any atom is -0.356 e. The molecule has 2 aliphatic carbocycles. The second-order valence-corrected chi connectivity index (χ2v) is 9.90. The smallest absolute Gasteiger partial charge is 0.259 e. The number of fused-ring (bicyclic) bond motifs is 1. The van der Waals surface area contributed by atoms with Gasteiger partial charge in [-0.1, -0.05) is 24.1 Å². The van der Waals surface area contributed by atoms with E-state index in [1.165, 1.54) is 15.7 Å². The van der Waals surface area contributed by atoms with Gasteiger partial charge in [0.25, 0.3) is 5.56 Å². The van der Waals surface area contributed by atoms with Crippen LogP contribution in [0, 0.1) is 41.9 Å². The Morgan fingerprint density at radius 2 is 2.06 bits per heavy atom. The number of aryl methyl sites for hydroxylation is 1. The Kier molecular flexibility index (Phi) is 5.60. The molecule has 0 saturated carbocycles. The first-order chi connectivity index (χ1) is 16.4. The first-order valence-electron chi connectivity index (χ1n) is 11.5. The number of hydrogen-bond acceptors (Lipinski definition) is 5. The van der Waals surface area contributed by atoms with E-state index in [4.69, 9.17) is 28.7 Å². The van der Waals surface area contributed by atoms with Crippen LogP contribution in [-0.4, -0.2) is 28.0 Å². The maximum atomic E-state index is 13.1. The van der Waals surface area contributed by atoms with Gasteiger partial charge in [-0.25, -0.2) is 4.98 Å². The number of terminal acetylenes is 1. The number of anilines is 1. The number of aromatic nitrogens is 2. The Labute approximate surface area is 204 Å². The standard InChI is InChI=1S/C27H26ClN5O/c1-3-18-7-8-19-15-27(26(30)21(19)13-18)9-11-32(12-10-27)23-14-24(34)33(17(2)31-23)22-6-4-5-20(16-29)25(22)28/h1,4-8,13-14,20,25-26H,9-12,15,30H2,2H3/t20-,25?,26-/m1/s1. The molecule has 6 nitrogen and oxygen atoms in total. The number of allylic oxidation sites excluding steroid dienone is 4. The van der Waals surface area contributed by atoms with Gasteiger partial charge >= 0.3 is 0 Å². The Morgan fingerprint density at radius 1 is 1.29 bits per heavy atom. The molecule has 34 heavy (non-hydrogen) atoms. The summed E-state index contributed by atoms with van der Waals surface area (Å²) < 4.78 is 1.51. The molecule has 1 fully saturated rings. The molecule has 2 N–H and O–H groups in total. The van der Waals surface area contributed by atoms with Crippen LogP contribution in [0.2, 0.25) is 0 Å². The van der Waals surface area contributed by atoms with E-state index < -0.39 is 11.3 Å². The van der Waals surface area contributed by atoms with E-state index in [2.05, 4.69) is 29.0 Å². The zero-order valence-electron chi connectivity index (χ0n) is 19.0. The van der Waals surface area contributed by atoms with Gasteiger partial charge in [0, 0.05) is 36.5 Å². The van der Waals surface area contributed by atoms with Crippen molar-refractivity contribution in [2.45, 2.75) is 37.6 Å². The highest BCUT2D eigenvalue weighted by molar-refractivity contribution is 6.26. The first-order valence-corrected chi connectivity index (χ1v) is 11.9. The van der Waals surface area contributed by atoms with Crippen LogP contribution in [0.3, 0.4) is 0 Å². The Balaban J connectivity index is 1.36. The van der Waals surface area contributed by atoms with E-state index in [1.54, 1.807) is 31.2 Å². The number of alkyl halides is 1. The number of piperidine rings is 1. The van der Waals surface area contributed by atoms with Crippen LogP contribution in [0.4, 0.5) is 5.82 Å². The van der Waals surface area contributed by atoms with E-state index in [-0.39, 0.29) is 17.0 Å². The second-order valence-electron chi connectivity index (χ2n) is 9.43. The van der Waals surface area contributed by atoms with Crippen LogP contribution in [0.5, 0.6) is 0 Å². The number of nitrogens with zero attached hydrogens (tertiary/aromatic N) is 4. The molecular weight excluding hydrogens is 446 g/mol. The van der Waals surface area contributed by atoms with Gasteiger partial charge in [0.15, 0.2) is 0 Å². The Morgan fingerprint density at radius 3 is 2.74 bits per heavy atom. The summed E-state index contributed by atoms with van der Waals surface area (Å²) in [7, 11) is 0. The molecule has 1 aromatic heterocycles. The van der Waals surface area contributed by atoms with Gasteiger partial charge in [-0.05, 0) is 60.9 Å². The largest absolute Gasteiger partial charge is 0.356 e. The fourth-order valence-corrected chi connectivity index (χ4v) is 5.95. The SMILES string of the molecule is C#Cc1ccc2c(c1)[C@@H](N)C1(CCN(c3cc(=O)n(C4=CC=C[C@H](C#N)C4Cl)c(C)n3)CC1)C2. The average molecular weight is 472 g/mol. The lowest BCUT2D eigenvalue weighted by molar-refractivity contribution is 0.187. The third-order valence-electron chi connectivity index (χ3n) is 7.60. The molecule has 2 aromatic rings. The second kappa shape index (κ2) is 8.47. The highest BCUT2D eigenvalue weighted by atomic mass is 35.5. The molecule has 172 valence electrons. The van der Waals surface area contributed by atoms with E-state index in [0.29, 0.717) is 17.3 Å². The molecule has 1 saturated heterocycles. The van der Waals surface area contributed by atoms with Crippen LogP contribution >= 0.6 is 11.6 Å². The highest BCUT2D eigenvalue weighted by Gasteiger charge is 2.46. The monoisotopic (exact) mass is 471 g/mol. The lowest BCUT2D eigenvalue weighted by Crippen LogP contribution is -2.45. The number of rotatable bonds is 2. The zero-order valence-corrected chi connectivity index (χ0v) is 19.8. The van der Waals surface area contributed by atoms with Gasteiger partial charge in [0.1, 0.15) is 11.6 Å². The van der Waals surface area contributed by atoms with Crippen LogP contribution in [0.25, 0.3) is 5.70 Å². The maximum absolute atomic E-state index is 13.1. The normalized spacial score (nSPS) is 24.9. The lowest BCUT2D eigenvalue weighted by Gasteiger charge is -2.42. The molecule has 0 bridgehead atoms. The summed E-state index contributed by atoms with van der Waals surface area (Å²) in [6.45, 7) is 3.35. The number of benzene rings is 1.